The maximum absolute atomic E-state index is 8.54. The van der Waals surface area contributed by atoms with Gasteiger partial charge in [-0.15, -0.1) is 0 Å². The lowest BCUT2D eigenvalue weighted by Crippen LogP contribution is -2.03. The first kappa shape index (κ1) is 7.61. The molecule has 0 bridgehead atoms. The number of nitriles is 1. The molecule has 1 atom stereocenters. The minimum atomic E-state index is -0.244. The zero-order chi connectivity index (χ0) is 8.43. The summed E-state index contributed by atoms with van der Waals surface area (Å²) in [5.41, 5.74) is 6.40. The number of aromatic nitrogens is 2. The summed E-state index contributed by atoms with van der Waals surface area (Å²) in [6.07, 6.45) is 1.77. The minimum absolute atomic E-state index is 0.244. The Bertz CT molecular complexity index is 274. The highest BCUT2D eigenvalue weighted by atomic mass is 15.3. The summed E-state index contributed by atoms with van der Waals surface area (Å²) in [6, 6.07) is 1.82. The van der Waals surface area contributed by atoms with Crippen LogP contribution in [0.25, 0.3) is 0 Å². The maximum atomic E-state index is 8.54. The van der Waals surface area contributed by atoms with Crippen LogP contribution in [0.4, 0.5) is 5.82 Å². The Morgan fingerprint density at radius 2 is 2.45 bits per heavy atom. The minimum Gasteiger partial charge on any atom is -0.382 e. The van der Waals surface area contributed by atoms with E-state index in [0.717, 1.165) is 5.56 Å². The molecule has 0 aromatic carbocycles. The van der Waals surface area contributed by atoms with E-state index >= 15 is 0 Å². The predicted molar refractivity (Wildman–Crippen MR) is 41.7 cm³/mol. The van der Waals surface area contributed by atoms with Crippen molar-refractivity contribution >= 4 is 5.82 Å². The number of anilines is 1. The van der Waals surface area contributed by atoms with Crippen molar-refractivity contribution in [1.82, 2.24) is 9.78 Å². The van der Waals surface area contributed by atoms with Gasteiger partial charge in [-0.1, -0.05) is 0 Å². The molecular weight excluding hydrogens is 140 g/mol. The predicted octanol–water partition coefficient (Wildman–Crippen LogP) is 0.858. The van der Waals surface area contributed by atoms with Crippen molar-refractivity contribution < 1.29 is 0 Å². The van der Waals surface area contributed by atoms with Gasteiger partial charge in [-0.3, -0.25) is 4.68 Å². The van der Waals surface area contributed by atoms with Crippen LogP contribution >= 0.6 is 0 Å². The van der Waals surface area contributed by atoms with Crippen molar-refractivity contribution in [1.29, 1.82) is 5.26 Å². The Kier molecular flexibility index (Phi) is 1.81. The standard InChI is InChI=1S/C7H10N4/c1-5-4-11(6(2)3-8)10-7(5)9/h4,6H,1-2H3,(H2,9,10). The van der Waals surface area contributed by atoms with Crippen LogP contribution in [0.1, 0.15) is 18.5 Å². The van der Waals surface area contributed by atoms with Crippen LogP contribution in [-0.4, -0.2) is 9.78 Å². The molecule has 2 N–H and O–H groups in total. The Labute approximate surface area is 65.2 Å². The Hall–Kier alpha value is -1.50. The second kappa shape index (κ2) is 2.62. The largest absolute Gasteiger partial charge is 0.382 e. The number of hydrogen-bond donors (Lipinski definition) is 1. The third-order valence-electron chi connectivity index (χ3n) is 1.54. The molecule has 0 spiro atoms. The molecule has 1 rings (SSSR count). The summed E-state index contributed by atoms with van der Waals surface area (Å²) in [4.78, 5) is 0. The van der Waals surface area contributed by atoms with Gasteiger partial charge in [0.15, 0.2) is 0 Å². The third-order valence-corrected chi connectivity index (χ3v) is 1.54. The van der Waals surface area contributed by atoms with Crippen LogP contribution in [0.5, 0.6) is 0 Å². The molecule has 1 aromatic heterocycles. The van der Waals surface area contributed by atoms with Crippen molar-refractivity contribution in [3.63, 3.8) is 0 Å². The molecule has 4 nitrogen and oxygen atoms in total. The summed E-state index contributed by atoms with van der Waals surface area (Å²) in [5.74, 6) is 0.493. The average Bonchev–Trinajstić information content (AvgIpc) is 2.31. The smallest absolute Gasteiger partial charge is 0.148 e. The third kappa shape index (κ3) is 1.32. The van der Waals surface area contributed by atoms with Crippen LogP contribution in [0.15, 0.2) is 6.20 Å². The van der Waals surface area contributed by atoms with Gasteiger partial charge in [0.2, 0.25) is 0 Å². The van der Waals surface area contributed by atoms with Crippen molar-refractivity contribution in [2.75, 3.05) is 5.73 Å². The first-order chi connectivity index (χ1) is 5.15. The molecule has 1 unspecified atom stereocenters. The fourth-order valence-electron chi connectivity index (χ4n) is 0.754. The zero-order valence-corrected chi connectivity index (χ0v) is 6.57. The van der Waals surface area contributed by atoms with Crippen LogP contribution < -0.4 is 5.73 Å². The van der Waals surface area contributed by atoms with E-state index in [2.05, 4.69) is 11.2 Å². The van der Waals surface area contributed by atoms with Gasteiger partial charge in [-0.25, -0.2) is 0 Å². The van der Waals surface area contributed by atoms with Gasteiger partial charge in [0.25, 0.3) is 0 Å². The topological polar surface area (TPSA) is 67.6 Å². The van der Waals surface area contributed by atoms with Crippen LogP contribution in [-0.2, 0) is 0 Å². The molecule has 1 aromatic rings. The lowest BCUT2D eigenvalue weighted by molar-refractivity contribution is 0.593. The highest BCUT2D eigenvalue weighted by Crippen LogP contribution is 2.10. The van der Waals surface area contributed by atoms with Crippen LogP contribution in [0.2, 0.25) is 0 Å². The molecule has 1 heterocycles. The van der Waals surface area contributed by atoms with E-state index < -0.39 is 0 Å². The first-order valence-electron chi connectivity index (χ1n) is 3.36. The van der Waals surface area contributed by atoms with Crippen molar-refractivity contribution in [2.24, 2.45) is 0 Å². The van der Waals surface area contributed by atoms with Gasteiger partial charge >= 0.3 is 0 Å². The molecule has 0 fully saturated rings. The molecule has 0 aliphatic heterocycles. The second-order valence-electron chi connectivity index (χ2n) is 2.48. The first-order valence-corrected chi connectivity index (χ1v) is 3.36. The molecule has 0 radical (unpaired) electrons. The number of aryl methyl sites for hydroxylation is 1. The van der Waals surface area contributed by atoms with Gasteiger partial charge in [-0.05, 0) is 13.8 Å². The Morgan fingerprint density at radius 1 is 1.82 bits per heavy atom. The van der Waals surface area contributed by atoms with E-state index in [9.17, 15) is 0 Å². The fourth-order valence-corrected chi connectivity index (χ4v) is 0.754. The summed E-state index contributed by atoms with van der Waals surface area (Å²) < 4.78 is 1.56. The van der Waals surface area contributed by atoms with E-state index in [1.54, 1.807) is 17.8 Å². The molecular formula is C7H10N4. The molecule has 0 amide bonds. The van der Waals surface area contributed by atoms with E-state index in [0.29, 0.717) is 5.82 Å². The molecule has 0 aliphatic rings. The highest BCUT2D eigenvalue weighted by Gasteiger charge is 2.05. The van der Waals surface area contributed by atoms with Crippen LogP contribution in [0, 0.1) is 18.3 Å². The normalized spacial score (nSPS) is 12.5. The molecule has 0 aliphatic carbocycles. The van der Waals surface area contributed by atoms with Gasteiger partial charge in [0.1, 0.15) is 11.9 Å². The SMILES string of the molecule is Cc1cn(C(C)C#N)nc1N. The molecule has 0 saturated carbocycles. The van der Waals surface area contributed by atoms with E-state index in [4.69, 9.17) is 11.0 Å². The van der Waals surface area contributed by atoms with Gasteiger partial charge < -0.3 is 5.73 Å². The maximum Gasteiger partial charge on any atom is 0.148 e. The lowest BCUT2D eigenvalue weighted by Gasteiger charge is -1.99. The summed E-state index contributed by atoms with van der Waals surface area (Å²) in [6.45, 7) is 3.63. The monoisotopic (exact) mass is 150 g/mol. The summed E-state index contributed by atoms with van der Waals surface area (Å²) in [5, 5.41) is 12.5. The Morgan fingerprint density at radius 3 is 2.82 bits per heavy atom. The average molecular weight is 150 g/mol. The van der Waals surface area contributed by atoms with Gasteiger partial charge in [-0.2, -0.15) is 10.4 Å². The molecule has 11 heavy (non-hydrogen) atoms. The summed E-state index contributed by atoms with van der Waals surface area (Å²) in [7, 11) is 0. The van der Waals surface area contributed by atoms with E-state index in [1.165, 1.54) is 0 Å². The second-order valence-corrected chi connectivity index (χ2v) is 2.48. The number of nitrogens with zero attached hydrogens (tertiary/aromatic N) is 3. The molecule has 0 saturated heterocycles. The number of rotatable bonds is 1. The van der Waals surface area contributed by atoms with E-state index in [-0.39, 0.29) is 6.04 Å². The van der Waals surface area contributed by atoms with Gasteiger partial charge in [0, 0.05) is 11.8 Å². The lowest BCUT2D eigenvalue weighted by atomic mass is 10.3. The van der Waals surface area contributed by atoms with Gasteiger partial charge in [0.05, 0.1) is 6.07 Å². The zero-order valence-electron chi connectivity index (χ0n) is 6.57. The van der Waals surface area contributed by atoms with Crippen molar-refractivity contribution in [2.45, 2.75) is 19.9 Å². The number of nitrogen functional groups attached to an aromatic ring is 1. The summed E-state index contributed by atoms with van der Waals surface area (Å²) >= 11 is 0. The van der Waals surface area contributed by atoms with Crippen molar-refractivity contribution in [3.05, 3.63) is 11.8 Å². The fraction of sp³-hybridized carbons (Fsp3) is 0.429. The number of hydrogen-bond acceptors (Lipinski definition) is 3. The van der Waals surface area contributed by atoms with E-state index in [1.807, 2.05) is 6.92 Å². The highest BCUT2D eigenvalue weighted by molar-refractivity contribution is 5.35. The molecule has 4 heteroatoms. The van der Waals surface area contributed by atoms with Crippen molar-refractivity contribution in [3.8, 4) is 6.07 Å². The Balaban J connectivity index is 2.99. The quantitative estimate of drug-likeness (QED) is 0.645. The van der Waals surface area contributed by atoms with Crippen LogP contribution in [0.3, 0.4) is 0 Å². The molecule has 58 valence electrons. The number of nitrogens with two attached hydrogens (primary N) is 1.